The molecule has 0 aromatic heterocycles. The molecule has 0 bridgehead atoms. The van der Waals surface area contributed by atoms with Gasteiger partial charge in [-0.15, -0.1) is 0 Å². The Labute approximate surface area is 153 Å². The van der Waals surface area contributed by atoms with Gasteiger partial charge in [-0.1, -0.05) is 43.3 Å². The summed E-state index contributed by atoms with van der Waals surface area (Å²) >= 11 is 0. The summed E-state index contributed by atoms with van der Waals surface area (Å²) in [6, 6.07) is 12.2. The molecule has 8 heteroatoms. The number of hydrogen-bond acceptors (Lipinski definition) is 2. The van der Waals surface area contributed by atoms with Crippen molar-refractivity contribution in [2.75, 3.05) is 0 Å². The zero-order valence-electron chi connectivity index (χ0n) is 14.5. The van der Waals surface area contributed by atoms with E-state index < -0.39 is 36.3 Å². The number of carbonyl (C=O) groups is 2. The molecule has 146 valence electrons. The Balaban J connectivity index is 0.000000445. The third-order valence-corrected chi connectivity index (χ3v) is 3.31. The molecular weight excluding hydrogens is 366 g/mol. The van der Waals surface area contributed by atoms with E-state index in [0.29, 0.717) is 5.56 Å². The van der Waals surface area contributed by atoms with Crippen LogP contribution in [0.5, 0.6) is 0 Å². The van der Waals surface area contributed by atoms with Crippen LogP contribution < -0.4 is 5.32 Å². The molecule has 2 rings (SSSR count). The van der Waals surface area contributed by atoms with E-state index in [1.807, 2.05) is 0 Å². The third-order valence-electron chi connectivity index (χ3n) is 3.31. The van der Waals surface area contributed by atoms with Crippen LogP contribution >= 0.6 is 0 Å². The minimum absolute atomic E-state index is 0.0794. The second-order valence-corrected chi connectivity index (χ2v) is 5.50. The molecule has 2 aromatic carbocycles. The number of carboxylic acid groups (broad SMARTS) is 1. The third kappa shape index (κ3) is 7.89. The Morgan fingerprint density at radius 2 is 1.59 bits per heavy atom. The van der Waals surface area contributed by atoms with E-state index in [9.17, 15) is 27.2 Å². The van der Waals surface area contributed by atoms with Crippen molar-refractivity contribution >= 4 is 11.9 Å². The second kappa shape index (κ2) is 10.3. The van der Waals surface area contributed by atoms with Crippen molar-refractivity contribution in [1.29, 1.82) is 0 Å². The molecule has 1 atom stereocenters. The molecule has 0 saturated carbocycles. The molecule has 0 heterocycles. The van der Waals surface area contributed by atoms with Crippen molar-refractivity contribution in [2.24, 2.45) is 0 Å². The second-order valence-electron chi connectivity index (χ2n) is 5.50. The molecule has 0 aliphatic heterocycles. The van der Waals surface area contributed by atoms with Gasteiger partial charge in [0.15, 0.2) is 6.04 Å². The van der Waals surface area contributed by atoms with Gasteiger partial charge in [-0.3, -0.25) is 4.79 Å². The maximum absolute atomic E-state index is 13.6. The minimum Gasteiger partial charge on any atom is -0.479 e. The first kappa shape index (κ1) is 22.1. The Hall–Kier alpha value is -2.90. The molecule has 4 nitrogen and oxygen atoms in total. The number of alkyl halides is 3. The maximum atomic E-state index is 13.6. The molecule has 0 spiro atoms. The molecule has 27 heavy (non-hydrogen) atoms. The highest BCUT2D eigenvalue weighted by atomic mass is 19.4. The van der Waals surface area contributed by atoms with Gasteiger partial charge in [0.2, 0.25) is 0 Å². The van der Waals surface area contributed by atoms with Gasteiger partial charge in [-0.25, -0.2) is 9.18 Å². The van der Waals surface area contributed by atoms with Gasteiger partial charge in [0.05, 0.1) is 0 Å². The van der Waals surface area contributed by atoms with Gasteiger partial charge in [0, 0.05) is 17.5 Å². The Morgan fingerprint density at radius 3 is 2.04 bits per heavy atom. The number of carboxylic acids is 1. The van der Waals surface area contributed by atoms with Crippen LogP contribution in [0.4, 0.5) is 17.6 Å². The van der Waals surface area contributed by atoms with E-state index in [1.165, 1.54) is 25.1 Å². The van der Waals surface area contributed by atoms with Crippen molar-refractivity contribution in [2.45, 2.75) is 32.0 Å². The summed E-state index contributed by atoms with van der Waals surface area (Å²) in [5.74, 6) is -2.56. The average molecular weight is 385 g/mol. The van der Waals surface area contributed by atoms with Crippen molar-refractivity contribution in [3.8, 4) is 0 Å². The van der Waals surface area contributed by atoms with E-state index in [4.69, 9.17) is 5.11 Å². The lowest BCUT2D eigenvalue weighted by Crippen LogP contribution is -2.34. The van der Waals surface area contributed by atoms with Crippen LogP contribution in [-0.2, 0) is 4.79 Å². The molecule has 0 aliphatic carbocycles. The molecule has 1 unspecified atom stereocenters. The van der Waals surface area contributed by atoms with Crippen molar-refractivity contribution in [3.05, 3.63) is 71.5 Å². The lowest BCUT2D eigenvalue weighted by atomic mass is 10.1. The summed E-state index contributed by atoms with van der Waals surface area (Å²) in [6.07, 6.45) is -4.43. The smallest absolute Gasteiger partial charge is 0.389 e. The van der Waals surface area contributed by atoms with Crippen LogP contribution in [-0.4, -0.2) is 23.2 Å². The zero-order valence-corrected chi connectivity index (χ0v) is 14.5. The van der Waals surface area contributed by atoms with Gasteiger partial charge in [0.1, 0.15) is 5.82 Å². The summed E-state index contributed by atoms with van der Waals surface area (Å²) < 4.78 is 46.8. The predicted octanol–water partition coefficient (Wildman–Crippen LogP) is 4.73. The fourth-order valence-electron chi connectivity index (χ4n) is 2.07. The average Bonchev–Trinajstić information content (AvgIpc) is 2.60. The van der Waals surface area contributed by atoms with E-state index in [1.54, 1.807) is 30.3 Å². The number of aliphatic carboxylic acids is 1. The first-order valence-electron chi connectivity index (χ1n) is 8.05. The summed E-state index contributed by atoms with van der Waals surface area (Å²) in [5, 5.41) is 11.5. The van der Waals surface area contributed by atoms with Crippen molar-refractivity contribution in [3.63, 3.8) is 0 Å². The van der Waals surface area contributed by atoms with Crippen LogP contribution in [0.15, 0.2) is 54.6 Å². The van der Waals surface area contributed by atoms with Gasteiger partial charge in [-0.2, -0.15) is 13.2 Å². The molecule has 1 amide bonds. The standard InChI is InChI=1S/C15H12FNO3.C4H7F3/c16-12-9-5-4-8-11(12)13(15(19)20)17-14(18)10-6-2-1-3-7-10;1-2-3-4(5,6)7/h1-9,13H,(H,17,18)(H,19,20);2-3H2,1H3. The largest absolute Gasteiger partial charge is 0.479 e. The lowest BCUT2D eigenvalue weighted by Gasteiger charge is -2.15. The maximum Gasteiger partial charge on any atom is 0.389 e. The lowest BCUT2D eigenvalue weighted by molar-refractivity contribution is -0.139. The molecule has 2 aromatic rings. The fraction of sp³-hybridized carbons (Fsp3) is 0.263. The normalized spacial score (nSPS) is 11.7. The predicted molar refractivity (Wildman–Crippen MR) is 91.6 cm³/mol. The summed E-state index contributed by atoms with van der Waals surface area (Å²) in [4.78, 5) is 23.2. The van der Waals surface area contributed by atoms with Crippen molar-refractivity contribution < 1.29 is 32.3 Å². The molecule has 2 N–H and O–H groups in total. The number of carbonyl (C=O) groups excluding carboxylic acids is 1. The number of halogens is 4. The van der Waals surface area contributed by atoms with Gasteiger partial charge >= 0.3 is 12.1 Å². The van der Waals surface area contributed by atoms with Crippen LogP contribution in [0.25, 0.3) is 0 Å². The number of benzene rings is 2. The van der Waals surface area contributed by atoms with Gasteiger partial charge in [0.25, 0.3) is 5.91 Å². The first-order valence-corrected chi connectivity index (χ1v) is 8.05. The number of amides is 1. The fourth-order valence-corrected chi connectivity index (χ4v) is 2.07. The first-order chi connectivity index (χ1) is 12.7. The number of nitrogens with one attached hydrogen (secondary N) is 1. The number of rotatable bonds is 5. The van der Waals surface area contributed by atoms with E-state index >= 15 is 0 Å². The Kier molecular flexibility index (Phi) is 8.44. The van der Waals surface area contributed by atoms with Crippen molar-refractivity contribution in [1.82, 2.24) is 5.32 Å². The summed E-state index contributed by atoms with van der Waals surface area (Å²) in [6.45, 7) is 1.51. The molecule has 0 aliphatic rings. The highest BCUT2D eigenvalue weighted by molar-refractivity contribution is 5.96. The van der Waals surface area contributed by atoms with Crippen LogP contribution in [0.1, 0.15) is 41.7 Å². The molecule has 0 fully saturated rings. The monoisotopic (exact) mass is 385 g/mol. The zero-order chi connectivity index (χ0) is 20.4. The Morgan fingerprint density at radius 1 is 1.04 bits per heavy atom. The molecular formula is C19H19F4NO3. The van der Waals surface area contributed by atoms with Crippen LogP contribution in [0.3, 0.4) is 0 Å². The van der Waals surface area contributed by atoms with Gasteiger partial charge in [-0.05, 0) is 24.6 Å². The van der Waals surface area contributed by atoms with Crippen LogP contribution in [0.2, 0.25) is 0 Å². The van der Waals surface area contributed by atoms with E-state index in [-0.39, 0.29) is 12.0 Å². The summed E-state index contributed by atoms with van der Waals surface area (Å²) in [5.41, 5.74) is 0.236. The highest BCUT2D eigenvalue weighted by Gasteiger charge is 2.25. The SMILES string of the molecule is CCCC(F)(F)F.O=C(NC(C(=O)O)c1ccccc1F)c1ccccc1. The highest BCUT2D eigenvalue weighted by Crippen LogP contribution is 2.20. The van der Waals surface area contributed by atoms with Crippen LogP contribution in [0, 0.1) is 5.82 Å². The minimum atomic E-state index is -3.95. The molecule has 0 radical (unpaired) electrons. The Bertz CT molecular complexity index is 748. The topological polar surface area (TPSA) is 66.4 Å². The number of hydrogen-bond donors (Lipinski definition) is 2. The summed E-state index contributed by atoms with van der Waals surface area (Å²) in [7, 11) is 0. The quantitative estimate of drug-likeness (QED) is 0.732. The van der Waals surface area contributed by atoms with E-state index in [0.717, 1.165) is 6.07 Å². The van der Waals surface area contributed by atoms with E-state index in [2.05, 4.69) is 5.32 Å². The molecule has 0 saturated heterocycles. The van der Waals surface area contributed by atoms with Gasteiger partial charge < -0.3 is 10.4 Å².